The van der Waals surface area contributed by atoms with Crippen LogP contribution in [0, 0.1) is 0 Å². The quantitative estimate of drug-likeness (QED) is 0.867. The first kappa shape index (κ1) is 12.2. The summed E-state index contributed by atoms with van der Waals surface area (Å²) in [4.78, 5) is 15.0. The molecule has 0 aliphatic rings. The molecule has 0 bridgehead atoms. The average Bonchev–Trinajstić information content (AvgIpc) is 2.81. The predicted octanol–water partition coefficient (Wildman–Crippen LogP) is 1.40. The number of pyridine rings is 1. The van der Waals surface area contributed by atoms with Gasteiger partial charge in [-0.1, -0.05) is 5.21 Å². The van der Waals surface area contributed by atoms with Crippen LogP contribution in [0.15, 0.2) is 24.5 Å². The van der Waals surface area contributed by atoms with Gasteiger partial charge < -0.3 is 5.11 Å². The Labute approximate surface area is 102 Å². The maximum absolute atomic E-state index is 12.2. The van der Waals surface area contributed by atoms with Gasteiger partial charge in [-0.25, -0.2) is 9.48 Å². The number of hydrogen-bond donors (Lipinski definition) is 1. The smallest absolute Gasteiger partial charge is 0.358 e. The Kier molecular flexibility index (Phi) is 3.61. The Morgan fingerprint density at radius 2 is 2.33 bits per heavy atom. The molecule has 0 aliphatic heterocycles. The summed E-state index contributed by atoms with van der Waals surface area (Å²) in [7, 11) is 0. The molecule has 6 nitrogen and oxygen atoms in total. The van der Waals surface area contributed by atoms with Crippen molar-refractivity contribution in [2.24, 2.45) is 0 Å². The van der Waals surface area contributed by atoms with E-state index >= 15 is 0 Å². The fraction of sp³-hybridized carbons (Fsp3) is 0.273. The van der Waals surface area contributed by atoms with Gasteiger partial charge in [0.05, 0.1) is 6.67 Å². The lowest BCUT2D eigenvalue weighted by atomic mass is 10.1. The SMILES string of the molecule is O=C(O)c1nnn(CCCF)c1-c1cccnc1. The minimum absolute atomic E-state index is 0.151. The zero-order chi connectivity index (χ0) is 13.0. The van der Waals surface area contributed by atoms with Crippen LogP contribution in [0.2, 0.25) is 0 Å². The molecular formula is C11H11FN4O2. The van der Waals surface area contributed by atoms with Crippen LogP contribution in [-0.4, -0.2) is 37.7 Å². The van der Waals surface area contributed by atoms with E-state index in [1.54, 1.807) is 18.3 Å². The van der Waals surface area contributed by atoms with Crippen LogP contribution < -0.4 is 0 Å². The van der Waals surface area contributed by atoms with Gasteiger partial charge in [0, 0.05) is 24.5 Å². The van der Waals surface area contributed by atoms with Crippen LogP contribution in [0.1, 0.15) is 16.9 Å². The van der Waals surface area contributed by atoms with Crippen LogP contribution in [-0.2, 0) is 6.54 Å². The summed E-state index contributed by atoms with van der Waals surface area (Å²) in [5.74, 6) is -1.17. The van der Waals surface area contributed by atoms with E-state index < -0.39 is 12.6 Å². The van der Waals surface area contributed by atoms with Crippen molar-refractivity contribution in [1.82, 2.24) is 20.0 Å². The van der Waals surface area contributed by atoms with E-state index in [9.17, 15) is 9.18 Å². The van der Waals surface area contributed by atoms with E-state index in [2.05, 4.69) is 15.3 Å². The fourth-order valence-electron chi connectivity index (χ4n) is 1.61. The molecule has 18 heavy (non-hydrogen) atoms. The molecule has 0 aliphatic carbocycles. The zero-order valence-electron chi connectivity index (χ0n) is 9.45. The van der Waals surface area contributed by atoms with E-state index in [-0.39, 0.29) is 18.7 Å². The molecule has 0 saturated heterocycles. The third kappa shape index (κ3) is 2.34. The molecule has 0 aromatic carbocycles. The van der Waals surface area contributed by atoms with E-state index in [0.717, 1.165) is 0 Å². The Morgan fingerprint density at radius 1 is 1.50 bits per heavy atom. The largest absolute Gasteiger partial charge is 0.476 e. The molecule has 94 valence electrons. The van der Waals surface area contributed by atoms with Crippen LogP contribution in [0.25, 0.3) is 11.3 Å². The van der Waals surface area contributed by atoms with Crippen molar-refractivity contribution in [3.05, 3.63) is 30.2 Å². The summed E-state index contributed by atoms with van der Waals surface area (Å²) in [6.07, 6.45) is 3.37. The van der Waals surface area contributed by atoms with Crippen LogP contribution in [0.5, 0.6) is 0 Å². The highest BCUT2D eigenvalue weighted by molar-refractivity contribution is 5.92. The molecule has 2 aromatic heterocycles. The molecule has 1 N–H and O–H groups in total. The average molecular weight is 250 g/mol. The van der Waals surface area contributed by atoms with E-state index in [1.807, 2.05) is 0 Å². The molecule has 0 spiro atoms. The number of carbonyl (C=O) groups is 1. The molecule has 0 radical (unpaired) electrons. The van der Waals surface area contributed by atoms with E-state index in [1.165, 1.54) is 10.9 Å². The first-order chi connectivity index (χ1) is 8.74. The number of carboxylic acids is 1. The molecule has 0 unspecified atom stereocenters. The van der Waals surface area contributed by atoms with Crippen LogP contribution in [0.3, 0.4) is 0 Å². The number of aromatic carboxylic acids is 1. The lowest BCUT2D eigenvalue weighted by molar-refractivity contribution is 0.0691. The van der Waals surface area contributed by atoms with Crippen LogP contribution in [0.4, 0.5) is 4.39 Å². The summed E-state index contributed by atoms with van der Waals surface area (Å²) in [5.41, 5.74) is 0.796. The van der Waals surface area contributed by atoms with Crippen molar-refractivity contribution in [2.45, 2.75) is 13.0 Å². The summed E-state index contributed by atoms with van der Waals surface area (Å²) >= 11 is 0. The summed E-state index contributed by atoms with van der Waals surface area (Å²) in [5, 5.41) is 16.4. The van der Waals surface area contributed by atoms with E-state index in [4.69, 9.17) is 5.11 Å². The number of carboxylic acid groups (broad SMARTS) is 1. The Balaban J connectivity index is 2.47. The highest BCUT2D eigenvalue weighted by atomic mass is 19.1. The van der Waals surface area contributed by atoms with Gasteiger partial charge >= 0.3 is 5.97 Å². The normalized spacial score (nSPS) is 10.5. The van der Waals surface area contributed by atoms with Crippen molar-refractivity contribution in [3.63, 3.8) is 0 Å². The molecule has 0 amide bonds. The molecule has 0 saturated carbocycles. The second kappa shape index (κ2) is 5.35. The van der Waals surface area contributed by atoms with Crippen LogP contribution >= 0.6 is 0 Å². The summed E-state index contributed by atoms with van der Waals surface area (Å²) in [6, 6.07) is 3.40. The molecular weight excluding hydrogens is 239 g/mol. The molecule has 2 heterocycles. The van der Waals surface area contributed by atoms with Gasteiger partial charge in [0.1, 0.15) is 5.69 Å². The van der Waals surface area contributed by atoms with E-state index in [0.29, 0.717) is 11.3 Å². The molecule has 2 rings (SSSR count). The van der Waals surface area contributed by atoms with Gasteiger partial charge in [-0.15, -0.1) is 5.10 Å². The fourth-order valence-corrected chi connectivity index (χ4v) is 1.61. The Hall–Kier alpha value is -2.31. The first-order valence-corrected chi connectivity index (χ1v) is 5.37. The first-order valence-electron chi connectivity index (χ1n) is 5.37. The van der Waals surface area contributed by atoms with Crippen molar-refractivity contribution < 1.29 is 14.3 Å². The Bertz CT molecular complexity index is 541. The zero-order valence-corrected chi connectivity index (χ0v) is 9.45. The number of rotatable bonds is 5. The monoisotopic (exact) mass is 250 g/mol. The van der Waals surface area contributed by atoms with Crippen molar-refractivity contribution >= 4 is 5.97 Å². The lowest BCUT2D eigenvalue weighted by Crippen LogP contribution is -2.05. The number of nitrogens with zero attached hydrogens (tertiary/aromatic N) is 4. The topological polar surface area (TPSA) is 80.9 Å². The van der Waals surface area contributed by atoms with Gasteiger partial charge in [0.25, 0.3) is 0 Å². The van der Waals surface area contributed by atoms with Gasteiger partial charge in [-0.05, 0) is 18.6 Å². The molecule has 7 heteroatoms. The van der Waals surface area contributed by atoms with Gasteiger partial charge in [0.2, 0.25) is 0 Å². The third-order valence-electron chi connectivity index (χ3n) is 2.38. The highest BCUT2D eigenvalue weighted by Crippen LogP contribution is 2.21. The number of aryl methyl sites for hydroxylation is 1. The maximum atomic E-state index is 12.2. The molecule has 0 atom stereocenters. The predicted molar refractivity (Wildman–Crippen MR) is 60.8 cm³/mol. The minimum Gasteiger partial charge on any atom is -0.476 e. The lowest BCUT2D eigenvalue weighted by Gasteiger charge is -2.05. The second-order valence-electron chi connectivity index (χ2n) is 3.60. The number of hydrogen-bond acceptors (Lipinski definition) is 4. The standard InChI is InChI=1S/C11H11FN4O2/c12-4-2-6-16-10(8-3-1-5-13-7-8)9(11(17)18)14-15-16/h1,3,5,7H,2,4,6H2,(H,17,18). The summed E-state index contributed by atoms with van der Waals surface area (Å²) in [6.45, 7) is -0.213. The number of halogens is 1. The number of aromatic nitrogens is 4. The van der Waals surface area contributed by atoms with Crippen molar-refractivity contribution in [3.8, 4) is 11.3 Å². The van der Waals surface area contributed by atoms with Gasteiger partial charge in [0.15, 0.2) is 5.69 Å². The van der Waals surface area contributed by atoms with Crippen molar-refractivity contribution in [2.75, 3.05) is 6.67 Å². The maximum Gasteiger partial charge on any atom is 0.358 e. The molecule has 0 fully saturated rings. The summed E-state index contributed by atoms with van der Waals surface area (Å²) < 4.78 is 13.6. The van der Waals surface area contributed by atoms with Gasteiger partial charge in [-0.2, -0.15) is 0 Å². The second-order valence-corrected chi connectivity index (χ2v) is 3.60. The minimum atomic E-state index is -1.17. The number of alkyl halides is 1. The Morgan fingerprint density at radius 3 is 2.94 bits per heavy atom. The van der Waals surface area contributed by atoms with Gasteiger partial charge in [-0.3, -0.25) is 9.37 Å². The third-order valence-corrected chi connectivity index (χ3v) is 2.38. The highest BCUT2D eigenvalue weighted by Gasteiger charge is 2.20. The molecule has 2 aromatic rings. The van der Waals surface area contributed by atoms with Crippen molar-refractivity contribution in [1.29, 1.82) is 0 Å².